The van der Waals surface area contributed by atoms with E-state index in [2.05, 4.69) is 11.3 Å². The second kappa shape index (κ2) is 5.93. The SMILES string of the molecule is C=CC(F)CCNS(=O)(=O)c1ccc(C)cc1. The van der Waals surface area contributed by atoms with Crippen LogP contribution in [0.15, 0.2) is 41.8 Å². The van der Waals surface area contributed by atoms with Crippen LogP contribution in [-0.2, 0) is 10.0 Å². The summed E-state index contributed by atoms with van der Waals surface area (Å²) in [5.74, 6) is 0. The Labute approximate surface area is 101 Å². The smallest absolute Gasteiger partial charge is 0.240 e. The Morgan fingerprint density at radius 2 is 2.00 bits per heavy atom. The highest BCUT2D eigenvalue weighted by molar-refractivity contribution is 7.89. The van der Waals surface area contributed by atoms with Gasteiger partial charge in [0.15, 0.2) is 0 Å². The van der Waals surface area contributed by atoms with E-state index in [1.54, 1.807) is 12.1 Å². The van der Waals surface area contributed by atoms with Gasteiger partial charge in [0.1, 0.15) is 6.17 Å². The number of allylic oxidation sites excluding steroid dienone is 1. The van der Waals surface area contributed by atoms with E-state index >= 15 is 0 Å². The Morgan fingerprint density at radius 1 is 1.41 bits per heavy atom. The molecule has 0 bridgehead atoms. The van der Waals surface area contributed by atoms with Crippen molar-refractivity contribution in [2.45, 2.75) is 24.4 Å². The number of rotatable bonds is 6. The molecule has 1 atom stereocenters. The number of alkyl halides is 1. The van der Waals surface area contributed by atoms with Crippen LogP contribution in [0.4, 0.5) is 4.39 Å². The third-order valence-electron chi connectivity index (χ3n) is 2.30. The molecule has 1 rings (SSSR count). The fourth-order valence-electron chi connectivity index (χ4n) is 1.25. The first kappa shape index (κ1) is 13.9. The molecule has 3 nitrogen and oxygen atoms in total. The first-order valence-corrected chi connectivity index (χ1v) is 6.77. The van der Waals surface area contributed by atoms with Crippen molar-refractivity contribution >= 4 is 10.0 Å². The van der Waals surface area contributed by atoms with E-state index in [-0.39, 0.29) is 17.9 Å². The number of halogens is 1. The van der Waals surface area contributed by atoms with Crippen molar-refractivity contribution in [1.82, 2.24) is 4.72 Å². The molecule has 5 heteroatoms. The monoisotopic (exact) mass is 257 g/mol. The number of benzene rings is 1. The predicted molar refractivity (Wildman–Crippen MR) is 66.1 cm³/mol. The second-order valence-electron chi connectivity index (χ2n) is 3.75. The molecule has 0 saturated carbocycles. The summed E-state index contributed by atoms with van der Waals surface area (Å²) < 4.78 is 38.7. The molecule has 0 aliphatic heterocycles. The molecule has 0 fully saturated rings. The van der Waals surface area contributed by atoms with Gasteiger partial charge < -0.3 is 0 Å². The average Bonchev–Trinajstić information content (AvgIpc) is 2.29. The van der Waals surface area contributed by atoms with Crippen LogP contribution in [0.25, 0.3) is 0 Å². The Hall–Kier alpha value is -1.20. The van der Waals surface area contributed by atoms with Crippen LogP contribution in [0.5, 0.6) is 0 Å². The van der Waals surface area contributed by atoms with E-state index in [1.165, 1.54) is 12.1 Å². The van der Waals surface area contributed by atoms with Crippen LogP contribution in [-0.4, -0.2) is 21.1 Å². The Balaban J connectivity index is 2.63. The molecule has 0 radical (unpaired) electrons. The third kappa shape index (κ3) is 4.28. The molecule has 0 aliphatic rings. The molecular formula is C12H16FNO2S. The highest BCUT2D eigenvalue weighted by atomic mass is 32.2. The van der Waals surface area contributed by atoms with Crippen molar-refractivity contribution < 1.29 is 12.8 Å². The fraction of sp³-hybridized carbons (Fsp3) is 0.333. The van der Waals surface area contributed by atoms with Gasteiger partial charge in [0.2, 0.25) is 10.0 Å². The number of hydrogen-bond acceptors (Lipinski definition) is 2. The van der Waals surface area contributed by atoms with Crippen LogP contribution in [0.2, 0.25) is 0 Å². The molecule has 0 aromatic heterocycles. The van der Waals surface area contributed by atoms with Crippen molar-refractivity contribution in [1.29, 1.82) is 0 Å². The highest BCUT2D eigenvalue weighted by Gasteiger charge is 2.13. The van der Waals surface area contributed by atoms with Gasteiger partial charge >= 0.3 is 0 Å². The standard InChI is InChI=1S/C12H16FNO2S/c1-3-11(13)8-9-14-17(15,16)12-6-4-10(2)5-7-12/h3-7,11,14H,1,8-9H2,2H3. The third-order valence-corrected chi connectivity index (χ3v) is 3.78. The van der Waals surface area contributed by atoms with Crippen molar-refractivity contribution in [3.63, 3.8) is 0 Å². The van der Waals surface area contributed by atoms with Crippen molar-refractivity contribution in [2.75, 3.05) is 6.54 Å². The predicted octanol–water partition coefficient (Wildman–Crippen LogP) is 2.19. The topological polar surface area (TPSA) is 46.2 Å². The van der Waals surface area contributed by atoms with Gasteiger partial charge in [-0.05, 0) is 25.5 Å². The average molecular weight is 257 g/mol. The number of aryl methyl sites for hydroxylation is 1. The van der Waals surface area contributed by atoms with E-state index in [0.29, 0.717) is 0 Å². The molecule has 0 amide bonds. The summed E-state index contributed by atoms with van der Waals surface area (Å²) in [4.78, 5) is 0.192. The number of hydrogen-bond donors (Lipinski definition) is 1. The Kier molecular flexibility index (Phi) is 4.84. The first-order chi connectivity index (χ1) is 7.95. The Bertz CT molecular complexity index is 468. The van der Waals surface area contributed by atoms with E-state index < -0.39 is 16.2 Å². The van der Waals surface area contributed by atoms with E-state index in [4.69, 9.17) is 0 Å². The van der Waals surface area contributed by atoms with Crippen LogP contribution in [0.3, 0.4) is 0 Å². The molecule has 1 unspecified atom stereocenters. The maximum absolute atomic E-state index is 12.8. The zero-order valence-corrected chi connectivity index (χ0v) is 10.5. The molecule has 1 aromatic carbocycles. The summed E-state index contributed by atoms with van der Waals surface area (Å²) in [5, 5.41) is 0. The molecule has 1 aromatic rings. The summed E-state index contributed by atoms with van der Waals surface area (Å²) in [6, 6.07) is 6.49. The van der Waals surface area contributed by atoms with Gasteiger partial charge in [-0.2, -0.15) is 0 Å². The summed E-state index contributed by atoms with van der Waals surface area (Å²) in [5.41, 5.74) is 0.986. The van der Waals surface area contributed by atoms with Crippen molar-refractivity contribution in [2.24, 2.45) is 0 Å². The minimum absolute atomic E-state index is 0.0589. The number of sulfonamides is 1. The van der Waals surface area contributed by atoms with Crippen LogP contribution in [0, 0.1) is 6.92 Å². The first-order valence-electron chi connectivity index (χ1n) is 5.28. The lowest BCUT2D eigenvalue weighted by molar-refractivity contribution is 0.379. The molecule has 0 heterocycles. The van der Waals surface area contributed by atoms with Crippen molar-refractivity contribution in [3.05, 3.63) is 42.5 Å². The summed E-state index contributed by atoms with van der Waals surface area (Å²) in [6.45, 7) is 5.23. The van der Waals surface area contributed by atoms with Gasteiger partial charge in [-0.15, -0.1) is 6.58 Å². The fourth-order valence-corrected chi connectivity index (χ4v) is 2.30. The summed E-state index contributed by atoms with van der Waals surface area (Å²) in [7, 11) is -3.53. The van der Waals surface area contributed by atoms with E-state index in [9.17, 15) is 12.8 Å². The number of nitrogens with one attached hydrogen (secondary N) is 1. The van der Waals surface area contributed by atoms with Crippen LogP contribution < -0.4 is 4.72 Å². The lowest BCUT2D eigenvalue weighted by atomic mass is 10.2. The van der Waals surface area contributed by atoms with Gasteiger partial charge in [-0.1, -0.05) is 23.8 Å². The molecule has 0 spiro atoms. The molecule has 94 valence electrons. The zero-order chi connectivity index (χ0) is 12.9. The van der Waals surface area contributed by atoms with Crippen molar-refractivity contribution in [3.8, 4) is 0 Å². The van der Waals surface area contributed by atoms with Gasteiger partial charge in [-0.25, -0.2) is 17.5 Å². The zero-order valence-electron chi connectivity index (χ0n) is 9.69. The van der Waals surface area contributed by atoms with Crippen LogP contribution in [0.1, 0.15) is 12.0 Å². The Morgan fingerprint density at radius 3 is 2.53 bits per heavy atom. The summed E-state index contributed by atoms with van der Waals surface area (Å²) in [6.07, 6.45) is 0.0603. The van der Waals surface area contributed by atoms with E-state index in [1.807, 2.05) is 6.92 Å². The van der Waals surface area contributed by atoms with E-state index in [0.717, 1.165) is 11.6 Å². The molecule has 17 heavy (non-hydrogen) atoms. The lowest BCUT2D eigenvalue weighted by Gasteiger charge is -2.07. The lowest BCUT2D eigenvalue weighted by Crippen LogP contribution is -2.26. The molecule has 1 N–H and O–H groups in total. The minimum Gasteiger partial charge on any atom is -0.243 e. The largest absolute Gasteiger partial charge is 0.243 e. The summed E-state index contributed by atoms with van der Waals surface area (Å²) >= 11 is 0. The normalized spacial score (nSPS) is 13.3. The maximum Gasteiger partial charge on any atom is 0.240 e. The molecule has 0 aliphatic carbocycles. The minimum atomic E-state index is -3.53. The molecule has 0 saturated heterocycles. The maximum atomic E-state index is 12.8. The second-order valence-corrected chi connectivity index (χ2v) is 5.52. The van der Waals surface area contributed by atoms with Gasteiger partial charge in [0, 0.05) is 6.54 Å². The van der Waals surface area contributed by atoms with Gasteiger partial charge in [0.05, 0.1) is 4.90 Å². The quantitative estimate of drug-likeness (QED) is 0.794. The molecular weight excluding hydrogens is 241 g/mol. The van der Waals surface area contributed by atoms with Gasteiger partial charge in [-0.3, -0.25) is 0 Å². The van der Waals surface area contributed by atoms with Crippen LogP contribution >= 0.6 is 0 Å². The highest BCUT2D eigenvalue weighted by Crippen LogP contribution is 2.10. The van der Waals surface area contributed by atoms with Gasteiger partial charge in [0.25, 0.3) is 0 Å².